The van der Waals surface area contributed by atoms with Gasteiger partial charge in [0.1, 0.15) is 11.6 Å². The molecule has 1 N–H and O–H groups in total. The minimum Gasteiger partial charge on any atom is -0.345 e. The third-order valence-corrected chi connectivity index (χ3v) is 3.00. The Morgan fingerprint density at radius 2 is 1.95 bits per heavy atom. The van der Waals surface area contributed by atoms with Crippen molar-refractivity contribution in [2.24, 2.45) is 0 Å². The van der Waals surface area contributed by atoms with Crippen molar-refractivity contribution in [1.29, 1.82) is 0 Å². The molecule has 2 aromatic rings. The number of benzene rings is 1. The molecule has 1 aromatic heterocycles. The minimum atomic E-state index is -4.53. The third-order valence-electron chi connectivity index (χ3n) is 3.00. The van der Waals surface area contributed by atoms with E-state index in [9.17, 15) is 17.6 Å². The van der Waals surface area contributed by atoms with Gasteiger partial charge in [-0.2, -0.15) is 13.2 Å². The first-order valence-corrected chi connectivity index (χ1v) is 6.30. The number of nitrogens with zero attached hydrogens (tertiary/aromatic N) is 2. The maximum Gasteiger partial charge on any atom is 0.416 e. The number of aromatic amines is 1. The summed E-state index contributed by atoms with van der Waals surface area (Å²) >= 11 is 0. The lowest BCUT2D eigenvalue weighted by Crippen LogP contribution is -2.19. The van der Waals surface area contributed by atoms with Gasteiger partial charge in [-0.1, -0.05) is 6.07 Å². The molecular weight excluding hydrogens is 286 g/mol. The molecule has 0 aliphatic heterocycles. The van der Waals surface area contributed by atoms with Crippen LogP contribution >= 0.6 is 0 Å². The molecule has 0 amide bonds. The number of imidazole rings is 1. The van der Waals surface area contributed by atoms with Crippen LogP contribution in [0.4, 0.5) is 17.6 Å². The lowest BCUT2D eigenvalue weighted by Gasteiger charge is -2.16. The largest absolute Gasteiger partial charge is 0.416 e. The highest BCUT2D eigenvalue weighted by atomic mass is 19.4. The normalized spacial score (nSPS) is 12.1. The molecule has 0 unspecified atom stereocenters. The highest BCUT2D eigenvalue weighted by molar-refractivity contribution is 5.26. The van der Waals surface area contributed by atoms with Gasteiger partial charge >= 0.3 is 6.18 Å². The molecule has 0 radical (unpaired) electrons. The lowest BCUT2D eigenvalue weighted by molar-refractivity contribution is -0.137. The van der Waals surface area contributed by atoms with Gasteiger partial charge in [-0.05, 0) is 26.1 Å². The van der Waals surface area contributed by atoms with E-state index < -0.39 is 17.6 Å². The average Bonchev–Trinajstić information content (AvgIpc) is 2.76. The molecular formula is C14H15F4N3. The smallest absolute Gasteiger partial charge is 0.345 e. The first-order valence-electron chi connectivity index (χ1n) is 6.30. The Bertz CT molecular complexity index is 619. The van der Waals surface area contributed by atoms with E-state index in [0.717, 1.165) is 17.6 Å². The predicted molar refractivity (Wildman–Crippen MR) is 69.9 cm³/mol. The SMILES string of the molecule is Cc1cnc(CN(C)Cc2ccc(C(F)(F)F)cc2F)[nH]1. The summed E-state index contributed by atoms with van der Waals surface area (Å²) in [5, 5.41) is 0. The van der Waals surface area contributed by atoms with E-state index >= 15 is 0 Å². The van der Waals surface area contributed by atoms with Gasteiger partial charge in [-0.15, -0.1) is 0 Å². The van der Waals surface area contributed by atoms with Gasteiger partial charge in [-0.25, -0.2) is 9.37 Å². The van der Waals surface area contributed by atoms with Gasteiger partial charge in [-0.3, -0.25) is 4.90 Å². The number of alkyl halides is 3. The average molecular weight is 301 g/mol. The van der Waals surface area contributed by atoms with E-state index in [1.54, 1.807) is 18.1 Å². The summed E-state index contributed by atoms with van der Waals surface area (Å²) in [4.78, 5) is 8.94. The number of halogens is 4. The van der Waals surface area contributed by atoms with Crippen molar-refractivity contribution in [2.75, 3.05) is 7.05 Å². The van der Waals surface area contributed by atoms with Gasteiger partial charge in [0.15, 0.2) is 0 Å². The number of rotatable bonds is 4. The van der Waals surface area contributed by atoms with E-state index in [2.05, 4.69) is 9.97 Å². The fourth-order valence-electron chi connectivity index (χ4n) is 2.00. The van der Waals surface area contributed by atoms with Crippen LogP contribution in [-0.2, 0) is 19.3 Å². The standard InChI is InChI=1S/C14H15F4N3/c1-9-6-19-13(20-9)8-21(2)7-10-3-4-11(5-12(10)15)14(16,17)18/h3-6H,7-8H2,1-2H3,(H,19,20). The van der Waals surface area contributed by atoms with Crippen LogP contribution in [0, 0.1) is 12.7 Å². The minimum absolute atomic E-state index is 0.198. The molecule has 21 heavy (non-hydrogen) atoms. The van der Waals surface area contributed by atoms with Gasteiger partial charge in [0.2, 0.25) is 0 Å². The molecule has 1 heterocycles. The highest BCUT2D eigenvalue weighted by Gasteiger charge is 2.31. The van der Waals surface area contributed by atoms with Crippen molar-refractivity contribution in [3.8, 4) is 0 Å². The summed E-state index contributed by atoms with van der Waals surface area (Å²) < 4.78 is 51.1. The van der Waals surface area contributed by atoms with Gasteiger partial charge < -0.3 is 4.98 Å². The highest BCUT2D eigenvalue weighted by Crippen LogP contribution is 2.30. The van der Waals surface area contributed by atoms with Crippen LogP contribution in [0.5, 0.6) is 0 Å². The van der Waals surface area contributed by atoms with Crippen LogP contribution in [0.3, 0.4) is 0 Å². The molecule has 1 aromatic carbocycles. The van der Waals surface area contributed by atoms with Crippen molar-refractivity contribution >= 4 is 0 Å². The zero-order valence-electron chi connectivity index (χ0n) is 11.6. The second-order valence-corrected chi connectivity index (χ2v) is 4.99. The second kappa shape index (κ2) is 5.85. The Morgan fingerprint density at radius 3 is 2.48 bits per heavy atom. The Hall–Kier alpha value is -1.89. The van der Waals surface area contributed by atoms with Crippen LogP contribution in [0.25, 0.3) is 0 Å². The second-order valence-electron chi connectivity index (χ2n) is 4.99. The molecule has 0 saturated carbocycles. The Balaban J connectivity index is 2.05. The fraction of sp³-hybridized carbons (Fsp3) is 0.357. The van der Waals surface area contributed by atoms with Crippen molar-refractivity contribution in [3.05, 3.63) is 52.9 Å². The van der Waals surface area contributed by atoms with Crippen LogP contribution < -0.4 is 0 Å². The van der Waals surface area contributed by atoms with Crippen LogP contribution in [-0.4, -0.2) is 21.9 Å². The lowest BCUT2D eigenvalue weighted by atomic mass is 10.1. The zero-order chi connectivity index (χ0) is 15.6. The Morgan fingerprint density at radius 1 is 1.24 bits per heavy atom. The quantitative estimate of drug-likeness (QED) is 0.876. The number of nitrogens with one attached hydrogen (secondary N) is 1. The van der Waals surface area contributed by atoms with Crippen LogP contribution in [0.2, 0.25) is 0 Å². The summed E-state index contributed by atoms with van der Waals surface area (Å²) in [6.45, 7) is 2.52. The third kappa shape index (κ3) is 4.04. The van der Waals surface area contributed by atoms with Crippen LogP contribution in [0.1, 0.15) is 22.6 Å². The van der Waals surface area contributed by atoms with Gasteiger partial charge in [0.25, 0.3) is 0 Å². The molecule has 0 spiro atoms. The number of hydrogen-bond acceptors (Lipinski definition) is 2. The summed E-state index contributed by atoms with van der Waals surface area (Å²) in [5.74, 6) is -0.130. The summed E-state index contributed by atoms with van der Waals surface area (Å²) in [6, 6.07) is 2.59. The van der Waals surface area contributed by atoms with E-state index in [1.807, 2.05) is 6.92 Å². The molecule has 114 valence electrons. The first kappa shape index (κ1) is 15.5. The van der Waals surface area contributed by atoms with Gasteiger partial charge in [0, 0.05) is 24.0 Å². The molecule has 0 atom stereocenters. The van der Waals surface area contributed by atoms with E-state index in [-0.39, 0.29) is 12.1 Å². The Labute approximate surface area is 119 Å². The van der Waals surface area contributed by atoms with E-state index in [1.165, 1.54) is 6.07 Å². The number of hydrogen-bond donors (Lipinski definition) is 1. The number of H-pyrrole nitrogens is 1. The molecule has 3 nitrogen and oxygen atoms in total. The fourth-order valence-corrected chi connectivity index (χ4v) is 2.00. The molecule has 7 heteroatoms. The van der Waals surface area contributed by atoms with Crippen LogP contribution in [0.15, 0.2) is 24.4 Å². The summed E-state index contributed by atoms with van der Waals surface area (Å²) in [5.41, 5.74) is 0.154. The molecule has 0 fully saturated rings. The maximum absolute atomic E-state index is 13.7. The molecule has 0 saturated heterocycles. The molecule has 0 aliphatic rings. The number of aryl methyl sites for hydroxylation is 1. The molecule has 2 rings (SSSR count). The van der Waals surface area contributed by atoms with E-state index in [0.29, 0.717) is 12.6 Å². The zero-order valence-corrected chi connectivity index (χ0v) is 11.6. The maximum atomic E-state index is 13.7. The van der Waals surface area contributed by atoms with Gasteiger partial charge in [0.05, 0.1) is 12.1 Å². The summed E-state index contributed by atoms with van der Waals surface area (Å²) in [6.07, 6.45) is -2.85. The predicted octanol–water partition coefficient (Wildman–Crippen LogP) is 3.51. The molecule has 0 aliphatic carbocycles. The van der Waals surface area contributed by atoms with Crippen molar-refractivity contribution in [2.45, 2.75) is 26.2 Å². The first-order chi connectivity index (χ1) is 9.75. The monoisotopic (exact) mass is 301 g/mol. The summed E-state index contributed by atoms with van der Waals surface area (Å²) in [7, 11) is 1.75. The molecule has 0 bridgehead atoms. The Kier molecular flexibility index (Phi) is 4.32. The van der Waals surface area contributed by atoms with Crippen molar-refractivity contribution < 1.29 is 17.6 Å². The topological polar surface area (TPSA) is 31.9 Å². The van der Waals surface area contributed by atoms with Crippen molar-refractivity contribution in [1.82, 2.24) is 14.9 Å². The van der Waals surface area contributed by atoms with E-state index in [4.69, 9.17) is 0 Å². The van der Waals surface area contributed by atoms with Crippen molar-refractivity contribution in [3.63, 3.8) is 0 Å². The number of aromatic nitrogens is 2.